The maximum atomic E-state index is 13.3. The summed E-state index contributed by atoms with van der Waals surface area (Å²) >= 11 is 5.01. The van der Waals surface area contributed by atoms with Gasteiger partial charge < -0.3 is 4.74 Å². The SMILES string of the molecule is O=C([C@H]1CC=CCC1)N(C[C@H]1CCCO1)c1nc(-c2ccc(Br)cc2)cs1. The average Bonchev–Trinajstić information content (AvgIpc) is 3.39. The van der Waals surface area contributed by atoms with E-state index < -0.39 is 0 Å². The molecule has 0 spiro atoms. The highest BCUT2D eigenvalue weighted by Crippen LogP contribution is 2.32. The molecule has 1 aromatic carbocycles. The molecule has 1 aliphatic carbocycles. The zero-order chi connectivity index (χ0) is 18.6. The maximum absolute atomic E-state index is 13.3. The molecule has 2 heterocycles. The summed E-state index contributed by atoms with van der Waals surface area (Å²) in [4.78, 5) is 20.0. The van der Waals surface area contributed by atoms with Crippen molar-refractivity contribution in [2.24, 2.45) is 5.92 Å². The highest BCUT2D eigenvalue weighted by Gasteiger charge is 2.30. The van der Waals surface area contributed by atoms with Gasteiger partial charge in [0.2, 0.25) is 5.91 Å². The minimum absolute atomic E-state index is 0.0523. The Morgan fingerprint density at radius 1 is 1.26 bits per heavy atom. The molecule has 0 bridgehead atoms. The van der Waals surface area contributed by atoms with Gasteiger partial charge in [-0.1, -0.05) is 40.2 Å². The Hall–Kier alpha value is -1.50. The Labute approximate surface area is 172 Å². The number of halogens is 1. The third kappa shape index (κ3) is 4.50. The number of ether oxygens (including phenoxy) is 1. The lowest BCUT2D eigenvalue weighted by Crippen LogP contribution is -2.41. The second-order valence-electron chi connectivity index (χ2n) is 7.09. The van der Waals surface area contributed by atoms with E-state index in [2.05, 4.69) is 28.1 Å². The van der Waals surface area contributed by atoms with Crippen molar-refractivity contribution in [3.8, 4) is 11.3 Å². The molecule has 27 heavy (non-hydrogen) atoms. The van der Waals surface area contributed by atoms with E-state index in [0.29, 0.717) is 6.54 Å². The van der Waals surface area contributed by atoms with Gasteiger partial charge >= 0.3 is 0 Å². The Morgan fingerprint density at radius 2 is 2.11 bits per heavy atom. The summed E-state index contributed by atoms with van der Waals surface area (Å²) in [5.41, 5.74) is 1.97. The molecule has 2 aromatic rings. The summed E-state index contributed by atoms with van der Waals surface area (Å²) in [6, 6.07) is 8.11. The lowest BCUT2D eigenvalue weighted by Gasteiger charge is -2.28. The number of carbonyl (C=O) groups excluding carboxylic acids is 1. The first kappa shape index (κ1) is 18.8. The average molecular weight is 447 g/mol. The zero-order valence-corrected chi connectivity index (χ0v) is 17.5. The molecule has 2 atom stereocenters. The fraction of sp³-hybridized carbons (Fsp3) is 0.429. The van der Waals surface area contributed by atoms with Gasteiger partial charge in [0.25, 0.3) is 0 Å². The number of anilines is 1. The molecule has 1 fully saturated rings. The predicted molar refractivity (Wildman–Crippen MR) is 113 cm³/mol. The van der Waals surface area contributed by atoms with Gasteiger partial charge in [0.05, 0.1) is 18.3 Å². The number of thiazole rings is 1. The number of hydrogen-bond acceptors (Lipinski definition) is 4. The van der Waals surface area contributed by atoms with E-state index in [-0.39, 0.29) is 17.9 Å². The molecule has 4 nitrogen and oxygen atoms in total. The van der Waals surface area contributed by atoms with Crippen LogP contribution in [0.25, 0.3) is 11.3 Å². The van der Waals surface area contributed by atoms with Gasteiger partial charge in [0, 0.05) is 27.9 Å². The van der Waals surface area contributed by atoms with Crippen molar-refractivity contribution in [1.82, 2.24) is 4.98 Å². The van der Waals surface area contributed by atoms with Crippen LogP contribution in [0.15, 0.2) is 46.3 Å². The van der Waals surface area contributed by atoms with Gasteiger partial charge in [-0.05, 0) is 44.2 Å². The molecule has 0 unspecified atom stereocenters. The van der Waals surface area contributed by atoms with Crippen LogP contribution in [0.4, 0.5) is 5.13 Å². The van der Waals surface area contributed by atoms with Crippen LogP contribution in [-0.4, -0.2) is 30.1 Å². The molecule has 0 radical (unpaired) electrons. The van der Waals surface area contributed by atoms with E-state index >= 15 is 0 Å². The van der Waals surface area contributed by atoms with Crippen molar-refractivity contribution in [2.45, 2.75) is 38.2 Å². The van der Waals surface area contributed by atoms with Gasteiger partial charge in [-0.25, -0.2) is 4.98 Å². The molecule has 6 heteroatoms. The van der Waals surface area contributed by atoms with Gasteiger partial charge in [0.15, 0.2) is 5.13 Å². The van der Waals surface area contributed by atoms with E-state index in [0.717, 1.165) is 59.6 Å². The number of allylic oxidation sites excluding steroid dienone is 2. The molecule has 142 valence electrons. The quantitative estimate of drug-likeness (QED) is 0.574. The predicted octanol–water partition coefficient (Wildman–Crippen LogP) is 5.44. The molecule has 1 amide bonds. The molecule has 0 saturated carbocycles. The third-order valence-corrected chi connectivity index (χ3v) is 6.55. The third-order valence-electron chi connectivity index (χ3n) is 5.16. The number of hydrogen-bond donors (Lipinski definition) is 0. The topological polar surface area (TPSA) is 42.4 Å². The fourth-order valence-corrected chi connectivity index (χ4v) is 4.75. The standard InChI is InChI=1S/C21H23BrN2O2S/c22-17-10-8-15(9-11-17)19-14-27-21(23-19)24(13-18-7-4-12-26-18)20(25)16-5-2-1-3-6-16/h1-2,8-11,14,16,18H,3-7,12-13H2/t16-,18+/m0/s1. The monoisotopic (exact) mass is 446 g/mol. The summed E-state index contributed by atoms with van der Waals surface area (Å²) in [5.74, 6) is 0.239. The zero-order valence-electron chi connectivity index (χ0n) is 15.1. The number of rotatable bonds is 5. The molecule has 1 saturated heterocycles. The fourth-order valence-electron chi connectivity index (χ4n) is 3.63. The lowest BCUT2D eigenvalue weighted by molar-refractivity contribution is -0.123. The first-order valence-corrected chi connectivity index (χ1v) is 11.2. The van der Waals surface area contributed by atoms with Crippen molar-refractivity contribution in [3.63, 3.8) is 0 Å². The van der Waals surface area contributed by atoms with Crippen molar-refractivity contribution >= 4 is 38.3 Å². The molecule has 2 aliphatic rings. The normalized spacial score (nSPS) is 22.1. The van der Waals surface area contributed by atoms with Crippen molar-refractivity contribution in [2.75, 3.05) is 18.1 Å². The van der Waals surface area contributed by atoms with Crippen LogP contribution in [0.3, 0.4) is 0 Å². The molecule has 1 aromatic heterocycles. The largest absolute Gasteiger partial charge is 0.376 e. The Bertz CT molecular complexity index is 812. The molecule has 1 aliphatic heterocycles. The second kappa shape index (κ2) is 8.67. The van der Waals surface area contributed by atoms with Crippen molar-refractivity contribution < 1.29 is 9.53 Å². The van der Waals surface area contributed by atoms with Crippen LogP contribution in [0.1, 0.15) is 32.1 Å². The van der Waals surface area contributed by atoms with Crippen LogP contribution in [-0.2, 0) is 9.53 Å². The van der Waals surface area contributed by atoms with Gasteiger partial charge in [-0.15, -0.1) is 11.3 Å². The van der Waals surface area contributed by atoms with Crippen molar-refractivity contribution in [3.05, 3.63) is 46.3 Å². The molecular formula is C21H23BrN2O2S. The van der Waals surface area contributed by atoms with Crippen LogP contribution < -0.4 is 4.90 Å². The summed E-state index contributed by atoms with van der Waals surface area (Å²) in [5, 5.41) is 2.82. The molecule has 4 rings (SSSR count). The van der Waals surface area contributed by atoms with Gasteiger partial charge in [-0.2, -0.15) is 0 Å². The Balaban J connectivity index is 1.58. The summed E-state index contributed by atoms with van der Waals surface area (Å²) < 4.78 is 6.85. The second-order valence-corrected chi connectivity index (χ2v) is 8.84. The Morgan fingerprint density at radius 3 is 2.81 bits per heavy atom. The van der Waals surface area contributed by atoms with Crippen LogP contribution in [0.2, 0.25) is 0 Å². The maximum Gasteiger partial charge on any atom is 0.232 e. The van der Waals surface area contributed by atoms with Crippen LogP contribution >= 0.6 is 27.3 Å². The van der Waals surface area contributed by atoms with Crippen molar-refractivity contribution in [1.29, 1.82) is 0 Å². The minimum atomic E-state index is 0.0523. The number of benzene rings is 1. The number of nitrogens with zero attached hydrogens (tertiary/aromatic N) is 2. The summed E-state index contributed by atoms with van der Waals surface area (Å²) in [6.07, 6.45) is 9.22. The van der Waals surface area contributed by atoms with E-state index in [1.54, 1.807) is 11.3 Å². The van der Waals surface area contributed by atoms with Gasteiger partial charge in [0.1, 0.15) is 0 Å². The van der Waals surface area contributed by atoms with Gasteiger partial charge in [-0.3, -0.25) is 9.69 Å². The smallest absolute Gasteiger partial charge is 0.232 e. The van der Waals surface area contributed by atoms with Crippen LogP contribution in [0, 0.1) is 5.92 Å². The van der Waals surface area contributed by atoms with E-state index in [1.807, 2.05) is 34.5 Å². The van der Waals surface area contributed by atoms with E-state index in [1.165, 1.54) is 0 Å². The number of amides is 1. The lowest BCUT2D eigenvalue weighted by atomic mass is 9.93. The first-order valence-electron chi connectivity index (χ1n) is 9.50. The summed E-state index contributed by atoms with van der Waals surface area (Å²) in [6.45, 7) is 1.40. The number of aromatic nitrogens is 1. The van der Waals surface area contributed by atoms with E-state index in [4.69, 9.17) is 9.72 Å². The first-order chi connectivity index (χ1) is 13.2. The highest BCUT2D eigenvalue weighted by molar-refractivity contribution is 9.10. The highest BCUT2D eigenvalue weighted by atomic mass is 79.9. The minimum Gasteiger partial charge on any atom is -0.376 e. The van der Waals surface area contributed by atoms with Crippen LogP contribution in [0.5, 0.6) is 0 Å². The van der Waals surface area contributed by atoms with E-state index in [9.17, 15) is 4.79 Å². The Kier molecular flexibility index (Phi) is 6.05. The summed E-state index contributed by atoms with van der Waals surface area (Å²) in [7, 11) is 0. The number of carbonyl (C=O) groups is 1. The molecule has 0 N–H and O–H groups in total. The molecular weight excluding hydrogens is 424 g/mol.